The highest BCUT2D eigenvalue weighted by atomic mass is 16.3. The summed E-state index contributed by atoms with van der Waals surface area (Å²) in [4.78, 5) is 8.83. The minimum absolute atomic E-state index is 0.352. The van der Waals surface area contributed by atoms with Crippen molar-refractivity contribution >= 4 is 11.8 Å². The standard InChI is InChI=1S/C15H18N4O/c16-15(17-10-12-5-3-9-20-12)19-14-8-7-11-4-1-2-6-13(11)18-14/h3,5,7-9H,1-2,4,6,10H2,(H3,16,17,18,19). The molecule has 0 bridgehead atoms. The van der Waals surface area contributed by atoms with Gasteiger partial charge in [0, 0.05) is 5.69 Å². The molecular formula is C15H18N4O. The lowest BCUT2D eigenvalue weighted by molar-refractivity contribution is 0.513. The van der Waals surface area contributed by atoms with E-state index in [0.717, 1.165) is 24.4 Å². The fourth-order valence-corrected chi connectivity index (χ4v) is 2.39. The van der Waals surface area contributed by atoms with Crippen LogP contribution in [0.25, 0.3) is 0 Å². The Kier molecular flexibility index (Phi) is 3.67. The zero-order valence-electron chi connectivity index (χ0n) is 11.3. The van der Waals surface area contributed by atoms with E-state index >= 15 is 0 Å². The first kappa shape index (κ1) is 12.7. The van der Waals surface area contributed by atoms with Crippen LogP contribution in [-0.2, 0) is 19.4 Å². The van der Waals surface area contributed by atoms with Crippen LogP contribution in [0.2, 0.25) is 0 Å². The Labute approximate surface area is 117 Å². The molecule has 5 nitrogen and oxygen atoms in total. The molecule has 2 aromatic rings. The van der Waals surface area contributed by atoms with Gasteiger partial charge in [-0.3, -0.25) is 0 Å². The Morgan fingerprint density at radius 1 is 1.30 bits per heavy atom. The molecule has 1 aliphatic rings. The van der Waals surface area contributed by atoms with E-state index in [1.807, 2.05) is 18.2 Å². The SMILES string of the molecule is NC(=NCc1ccco1)Nc1ccc2c(n1)CCCC2. The molecule has 2 aromatic heterocycles. The number of pyridine rings is 1. The van der Waals surface area contributed by atoms with Gasteiger partial charge in [-0.2, -0.15) is 0 Å². The number of hydrogen-bond acceptors (Lipinski definition) is 3. The summed E-state index contributed by atoms with van der Waals surface area (Å²) in [5.41, 5.74) is 8.39. The van der Waals surface area contributed by atoms with Crippen molar-refractivity contribution < 1.29 is 4.42 Å². The summed E-state index contributed by atoms with van der Waals surface area (Å²) < 4.78 is 5.20. The Morgan fingerprint density at radius 2 is 2.20 bits per heavy atom. The number of nitrogens with two attached hydrogens (primary N) is 1. The van der Waals surface area contributed by atoms with Crippen LogP contribution in [0.4, 0.5) is 5.82 Å². The van der Waals surface area contributed by atoms with Crippen molar-refractivity contribution in [1.29, 1.82) is 0 Å². The average molecular weight is 270 g/mol. The Morgan fingerprint density at radius 3 is 3.05 bits per heavy atom. The van der Waals surface area contributed by atoms with Crippen LogP contribution in [0, 0.1) is 0 Å². The van der Waals surface area contributed by atoms with Gasteiger partial charge >= 0.3 is 0 Å². The molecule has 0 aliphatic heterocycles. The number of aryl methyl sites for hydroxylation is 2. The molecule has 0 saturated heterocycles. The summed E-state index contributed by atoms with van der Waals surface area (Å²) in [7, 11) is 0. The molecule has 0 radical (unpaired) electrons. The largest absolute Gasteiger partial charge is 0.467 e. The van der Waals surface area contributed by atoms with Crippen LogP contribution in [-0.4, -0.2) is 10.9 Å². The van der Waals surface area contributed by atoms with Crippen LogP contribution < -0.4 is 11.1 Å². The van der Waals surface area contributed by atoms with Gasteiger partial charge in [0.1, 0.15) is 18.1 Å². The third-order valence-corrected chi connectivity index (χ3v) is 3.42. The number of furan rings is 1. The number of nitrogens with zero attached hydrogens (tertiary/aromatic N) is 2. The predicted molar refractivity (Wildman–Crippen MR) is 78.5 cm³/mol. The number of hydrogen-bond donors (Lipinski definition) is 2. The van der Waals surface area contributed by atoms with Gasteiger partial charge in [0.15, 0.2) is 5.96 Å². The van der Waals surface area contributed by atoms with E-state index in [1.165, 1.54) is 24.1 Å². The molecule has 3 rings (SSSR count). The maximum absolute atomic E-state index is 5.86. The highest BCUT2D eigenvalue weighted by Crippen LogP contribution is 2.20. The number of aliphatic imine (C=N–C) groups is 1. The molecule has 2 heterocycles. The topological polar surface area (TPSA) is 76.4 Å². The zero-order chi connectivity index (χ0) is 13.8. The minimum atomic E-state index is 0.352. The summed E-state index contributed by atoms with van der Waals surface area (Å²) in [5.74, 6) is 1.89. The van der Waals surface area contributed by atoms with Crippen molar-refractivity contribution in [3.63, 3.8) is 0 Å². The van der Waals surface area contributed by atoms with Crippen molar-refractivity contribution in [1.82, 2.24) is 4.98 Å². The molecular weight excluding hydrogens is 252 g/mol. The van der Waals surface area contributed by atoms with Crippen molar-refractivity contribution in [3.8, 4) is 0 Å². The van der Waals surface area contributed by atoms with Crippen LogP contribution in [0.1, 0.15) is 29.9 Å². The molecule has 0 unspecified atom stereocenters. The van der Waals surface area contributed by atoms with E-state index in [0.29, 0.717) is 12.5 Å². The number of nitrogens with one attached hydrogen (secondary N) is 1. The van der Waals surface area contributed by atoms with Crippen molar-refractivity contribution in [2.24, 2.45) is 10.7 Å². The smallest absolute Gasteiger partial charge is 0.194 e. The molecule has 1 aliphatic carbocycles. The van der Waals surface area contributed by atoms with Crippen LogP contribution in [0.15, 0.2) is 39.9 Å². The third kappa shape index (κ3) is 2.99. The van der Waals surface area contributed by atoms with E-state index in [1.54, 1.807) is 6.26 Å². The molecule has 0 spiro atoms. The van der Waals surface area contributed by atoms with Crippen molar-refractivity contribution in [3.05, 3.63) is 47.5 Å². The second-order valence-electron chi connectivity index (χ2n) is 4.92. The minimum Gasteiger partial charge on any atom is -0.467 e. The van der Waals surface area contributed by atoms with Crippen molar-refractivity contribution in [2.75, 3.05) is 5.32 Å². The quantitative estimate of drug-likeness (QED) is 0.663. The summed E-state index contributed by atoms with van der Waals surface area (Å²) in [5, 5.41) is 3.03. The van der Waals surface area contributed by atoms with Gasteiger partial charge in [-0.1, -0.05) is 6.07 Å². The molecule has 5 heteroatoms. The zero-order valence-corrected chi connectivity index (χ0v) is 11.3. The summed E-state index contributed by atoms with van der Waals surface area (Å²) in [6, 6.07) is 7.79. The summed E-state index contributed by atoms with van der Waals surface area (Å²) >= 11 is 0. The molecule has 3 N–H and O–H groups in total. The van der Waals surface area contributed by atoms with Crippen molar-refractivity contribution in [2.45, 2.75) is 32.2 Å². The maximum Gasteiger partial charge on any atom is 0.194 e. The van der Waals surface area contributed by atoms with Crippen LogP contribution in [0.5, 0.6) is 0 Å². The molecule has 0 amide bonds. The average Bonchev–Trinajstić information content (AvgIpc) is 2.98. The fraction of sp³-hybridized carbons (Fsp3) is 0.333. The highest BCUT2D eigenvalue weighted by molar-refractivity contribution is 5.91. The van der Waals surface area contributed by atoms with Gasteiger partial charge in [-0.05, 0) is 49.4 Å². The monoisotopic (exact) mass is 270 g/mol. The van der Waals surface area contributed by atoms with Crippen LogP contribution in [0.3, 0.4) is 0 Å². The second-order valence-corrected chi connectivity index (χ2v) is 4.92. The van der Waals surface area contributed by atoms with E-state index < -0.39 is 0 Å². The lowest BCUT2D eigenvalue weighted by Gasteiger charge is -2.15. The Hall–Kier alpha value is -2.30. The fourth-order valence-electron chi connectivity index (χ4n) is 2.39. The first-order chi connectivity index (χ1) is 9.81. The first-order valence-electron chi connectivity index (χ1n) is 6.89. The number of guanidine groups is 1. The maximum atomic E-state index is 5.86. The van der Waals surface area contributed by atoms with E-state index in [9.17, 15) is 0 Å². The summed E-state index contributed by atoms with van der Waals surface area (Å²) in [6.07, 6.45) is 6.28. The molecule has 20 heavy (non-hydrogen) atoms. The lowest BCUT2D eigenvalue weighted by Crippen LogP contribution is -2.23. The van der Waals surface area contributed by atoms with E-state index in [-0.39, 0.29) is 0 Å². The Bertz CT molecular complexity index is 604. The van der Waals surface area contributed by atoms with E-state index in [4.69, 9.17) is 10.2 Å². The predicted octanol–water partition coefficient (Wildman–Crippen LogP) is 2.48. The molecule has 0 atom stereocenters. The van der Waals surface area contributed by atoms with Gasteiger partial charge in [-0.25, -0.2) is 9.98 Å². The van der Waals surface area contributed by atoms with E-state index in [2.05, 4.69) is 21.4 Å². The first-order valence-corrected chi connectivity index (χ1v) is 6.89. The lowest BCUT2D eigenvalue weighted by atomic mass is 9.96. The molecule has 0 saturated carbocycles. The Balaban J connectivity index is 1.66. The normalized spacial score (nSPS) is 14.9. The van der Waals surface area contributed by atoms with Gasteiger partial charge in [0.25, 0.3) is 0 Å². The molecule has 0 aromatic carbocycles. The van der Waals surface area contributed by atoms with Gasteiger partial charge in [0.05, 0.1) is 6.26 Å². The number of rotatable bonds is 3. The third-order valence-electron chi connectivity index (χ3n) is 3.42. The van der Waals surface area contributed by atoms with Gasteiger partial charge in [-0.15, -0.1) is 0 Å². The van der Waals surface area contributed by atoms with Gasteiger partial charge < -0.3 is 15.5 Å². The number of aromatic nitrogens is 1. The van der Waals surface area contributed by atoms with Gasteiger partial charge in [0.2, 0.25) is 0 Å². The molecule has 104 valence electrons. The number of fused-ring (bicyclic) bond motifs is 1. The van der Waals surface area contributed by atoms with Crippen LogP contribution >= 0.6 is 0 Å². The number of anilines is 1. The highest BCUT2D eigenvalue weighted by Gasteiger charge is 2.11. The second kappa shape index (κ2) is 5.77. The summed E-state index contributed by atoms with van der Waals surface area (Å²) in [6.45, 7) is 0.427. The molecule has 0 fully saturated rings.